The first kappa shape index (κ1) is 16.1. The Balaban J connectivity index is 2.05. The Kier molecular flexibility index (Phi) is 4.26. The average molecular weight is 341 g/mol. The number of hydrogen-bond donors (Lipinski definition) is 0. The van der Waals surface area contributed by atoms with E-state index in [0.29, 0.717) is 16.9 Å². The summed E-state index contributed by atoms with van der Waals surface area (Å²) in [6.07, 6.45) is 0. The van der Waals surface area contributed by atoms with Gasteiger partial charge in [0, 0.05) is 24.2 Å². The Hall–Kier alpha value is -2.80. The average Bonchev–Trinajstić information content (AvgIpc) is 2.90. The second-order valence-electron chi connectivity index (χ2n) is 5.32. The maximum atomic E-state index is 12.4. The molecule has 0 aliphatic rings. The fraction of sp³-hybridized carbons (Fsp3) is 0.176. The molecule has 0 radical (unpaired) electrons. The largest absolute Gasteiger partial charge is 0.317 e. The Morgan fingerprint density at radius 2 is 1.96 bits per heavy atom. The van der Waals surface area contributed by atoms with Gasteiger partial charge in [-0.05, 0) is 43.7 Å². The summed E-state index contributed by atoms with van der Waals surface area (Å²) in [6.45, 7) is 4.73. The van der Waals surface area contributed by atoms with E-state index in [0.717, 1.165) is 15.8 Å². The minimum atomic E-state index is -0.495. The molecule has 1 heterocycles. The summed E-state index contributed by atoms with van der Waals surface area (Å²) in [4.78, 5) is 27.4. The van der Waals surface area contributed by atoms with Crippen molar-refractivity contribution in [2.75, 3.05) is 0 Å². The lowest BCUT2D eigenvalue weighted by molar-refractivity contribution is -0.384. The zero-order chi connectivity index (χ0) is 17.3. The Labute approximate surface area is 141 Å². The number of carbonyl (C=O) groups excluding carboxylic acids is 1. The number of nitro groups is 1. The predicted molar refractivity (Wildman–Crippen MR) is 93.2 cm³/mol. The Morgan fingerprint density at radius 1 is 1.25 bits per heavy atom. The normalized spacial score (nSPS) is 11.8. The molecule has 7 heteroatoms. The van der Waals surface area contributed by atoms with Crippen LogP contribution in [0.4, 0.5) is 5.69 Å². The number of benzene rings is 2. The van der Waals surface area contributed by atoms with Crippen molar-refractivity contribution < 1.29 is 9.72 Å². The van der Waals surface area contributed by atoms with Crippen molar-refractivity contribution in [2.24, 2.45) is 4.99 Å². The first-order valence-electron chi connectivity index (χ1n) is 7.43. The van der Waals surface area contributed by atoms with E-state index in [1.54, 1.807) is 0 Å². The second kappa shape index (κ2) is 6.37. The number of fused-ring (bicyclic) bond motifs is 1. The molecule has 0 N–H and O–H groups in total. The van der Waals surface area contributed by atoms with Crippen LogP contribution in [-0.4, -0.2) is 15.4 Å². The molecule has 0 atom stereocenters. The Bertz CT molecular complexity index is 1000. The van der Waals surface area contributed by atoms with E-state index in [2.05, 4.69) is 11.1 Å². The number of thiazole rings is 1. The molecule has 24 heavy (non-hydrogen) atoms. The van der Waals surface area contributed by atoms with E-state index in [1.165, 1.54) is 35.6 Å². The highest BCUT2D eigenvalue weighted by Gasteiger charge is 2.10. The van der Waals surface area contributed by atoms with Gasteiger partial charge < -0.3 is 4.57 Å². The summed E-state index contributed by atoms with van der Waals surface area (Å²) in [5.74, 6) is -0.407. The molecular formula is C17H15N3O3S. The van der Waals surface area contributed by atoms with E-state index >= 15 is 0 Å². The summed E-state index contributed by atoms with van der Waals surface area (Å²) in [7, 11) is 0. The fourth-order valence-corrected chi connectivity index (χ4v) is 3.64. The molecule has 0 saturated carbocycles. The topological polar surface area (TPSA) is 77.5 Å². The SMILES string of the molecule is CCn1c(=NC(=O)c2ccc([N+](=O)[O-])cc2)sc2cc(C)ccc21. The number of non-ortho nitro benzene ring substituents is 1. The van der Waals surface area contributed by atoms with Crippen LogP contribution in [0.2, 0.25) is 0 Å². The third kappa shape index (κ3) is 2.98. The highest BCUT2D eigenvalue weighted by Crippen LogP contribution is 2.19. The van der Waals surface area contributed by atoms with Gasteiger partial charge in [0.05, 0.1) is 15.1 Å². The lowest BCUT2D eigenvalue weighted by atomic mass is 10.2. The number of nitro benzene ring substituents is 1. The van der Waals surface area contributed by atoms with Crippen molar-refractivity contribution in [3.05, 3.63) is 68.5 Å². The second-order valence-corrected chi connectivity index (χ2v) is 6.33. The minimum Gasteiger partial charge on any atom is -0.317 e. The number of rotatable bonds is 3. The smallest absolute Gasteiger partial charge is 0.279 e. The van der Waals surface area contributed by atoms with Crippen molar-refractivity contribution in [3.8, 4) is 0 Å². The lowest BCUT2D eigenvalue weighted by Crippen LogP contribution is -2.15. The number of hydrogen-bond acceptors (Lipinski definition) is 4. The van der Waals surface area contributed by atoms with E-state index in [4.69, 9.17) is 0 Å². The van der Waals surface area contributed by atoms with Crippen LogP contribution in [0.25, 0.3) is 10.2 Å². The maximum absolute atomic E-state index is 12.4. The molecule has 0 fully saturated rings. The van der Waals surface area contributed by atoms with Crippen LogP contribution >= 0.6 is 11.3 Å². The number of carbonyl (C=O) groups is 1. The van der Waals surface area contributed by atoms with Crippen LogP contribution in [-0.2, 0) is 6.54 Å². The van der Waals surface area contributed by atoms with E-state index < -0.39 is 10.8 Å². The number of amides is 1. The fourth-order valence-electron chi connectivity index (χ4n) is 2.45. The molecule has 1 amide bonds. The van der Waals surface area contributed by atoms with Gasteiger partial charge in [0.2, 0.25) is 0 Å². The van der Waals surface area contributed by atoms with Crippen molar-refractivity contribution in [1.82, 2.24) is 4.57 Å². The molecule has 0 aliphatic carbocycles. The highest BCUT2D eigenvalue weighted by atomic mass is 32.1. The van der Waals surface area contributed by atoms with Gasteiger partial charge >= 0.3 is 0 Å². The van der Waals surface area contributed by atoms with Crippen LogP contribution in [0.1, 0.15) is 22.8 Å². The zero-order valence-electron chi connectivity index (χ0n) is 13.2. The van der Waals surface area contributed by atoms with E-state index in [9.17, 15) is 14.9 Å². The molecular weight excluding hydrogens is 326 g/mol. The van der Waals surface area contributed by atoms with E-state index in [1.807, 2.05) is 30.5 Å². The summed E-state index contributed by atoms with van der Waals surface area (Å²) in [5, 5.41) is 10.7. The van der Waals surface area contributed by atoms with E-state index in [-0.39, 0.29) is 5.69 Å². The first-order valence-corrected chi connectivity index (χ1v) is 8.24. The maximum Gasteiger partial charge on any atom is 0.279 e. The van der Waals surface area contributed by atoms with Gasteiger partial charge in [-0.15, -0.1) is 0 Å². The molecule has 0 saturated heterocycles. The van der Waals surface area contributed by atoms with Crippen molar-refractivity contribution in [1.29, 1.82) is 0 Å². The predicted octanol–water partition coefficient (Wildman–Crippen LogP) is 3.68. The standard InChI is InChI=1S/C17H15N3O3S/c1-3-19-14-9-4-11(2)10-15(14)24-17(19)18-16(21)12-5-7-13(8-6-12)20(22)23/h4-10H,3H2,1-2H3. The molecule has 2 aromatic carbocycles. The summed E-state index contributed by atoms with van der Waals surface area (Å²) < 4.78 is 3.06. The molecule has 1 aromatic heterocycles. The number of nitrogens with zero attached hydrogens (tertiary/aromatic N) is 3. The molecule has 0 spiro atoms. The molecule has 122 valence electrons. The van der Waals surface area contributed by atoms with Crippen LogP contribution in [0, 0.1) is 17.0 Å². The molecule has 0 aliphatic heterocycles. The van der Waals surface area contributed by atoms with Gasteiger partial charge in [-0.3, -0.25) is 14.9 Å². The molecule has 6 nitrogen and oxygen atoms in total. The molecule has 3 aromatic rings. The van der Waals surface area contributed by atoms with Gasteiger partial charge in [-0.2, -0.15) is 4.99 Å². The molecule has 3 rings (SSSR count). The highest BCUT2D eigenvalue weighted by molar-refractivity contribution is 7.16. The number of aromatic nitrogens is 1. The summed E-state index contributed by atoms with van der Waals surface area (Å²) >= 11 is 1.46. The van der Waals surface area contributed by atoms with Crippen LogP contribution < -0.4 is 4.80 Å². The minimum absolute atomic E-state index is 0.0486. The van der Waals surface area contributed by atoms with Gasteiger partial charge in [0.25, 0.3) is 11.6 Å². The van der Waals surface area contributed by atoms with Gasteiger partial charge in [0.15, 0.2) is 4.80 Å². The first-order chi connectivity index (χ1) is 11.5. The van der Waals surface area contributed by atoms with Gasteiger partial charge in [0.1, 0.15) is 0 Å². The van der Waals surface area contributed by atoms with Crippen LogP contribution in [0.3, 0.4) is 0 Å². The van der Waals surface area contributed by atoms with Crippen LogP contribution in [0.5, 0.6) is 0 Å². The summed E-state index contributed by atoms with van der Waals surface area (Å²) in [5.41, 5.74) is 2.48. The Morgan fingerprint density at radius 3 is 2.58 bits per heavy atom. The third-order valence-corrected chi connectivity index (χ3v) is 4.72. The lowest BCUT2D eigenvalue weighted by Gasteiger charge is -2.00. The summed E-state index contributed by atoms with van der Waals surface area (Å²) in [6, 6.07) is 11.6. The number of aryl methyl sites for hydroxylation is 2. The molecule has 0 bridgehead atoms. The monoisotopic (exact) mass is 341 g/mol. The quantitative estimate of drug-likeness (QED) is 0.538. The van der Waals surface area contributed by atoms with Gasteiger partial charge in [-0.1, -0.05) is 17.4 Å². The zero-order valence-corrected chi connectivity index (χ0v) is 14.0. The molecule has 0 unspecified atom stereocenters. The van der Waals surface area contributed by atoms with Crippen molar-refractivity contribution in [3.63, 3.8) is 0 Å². The third-order valence-electron chi connectivity index (χ3n) is 3.68. The van der Waals surface area contributed by atoms with Crippen LogP contribution in [0.15, 0.2) is 47.5 Å². The van der Waals surface area contributed by atoms with Gasteiger partial charge in [-0.25, -0.2) is 0 Å². The van der Waals surface area contributed by atoms with Crippen molar-refractivity contribution >= 4 is 33.1 Å². The van der Waals surface area contributed by atoms with Crippen molar-refractivity contribution in [2.45, 2.75) is 20.4 Å².